The maximum Gasteiger partial charge on any atom is 0.335 e. The van der Waals surface area contributed by atoms with E-state index >= 15 is 0 Å². The minimum Gasteiger partial charge on any atom is -0.479 e. The number of aliphatic hydroxyl groups is 3. The van der Waals surface area contributed by atoms with E-state index in [0.717, 1.165) is 29.4 Å². The summed E-state index contributed by atoms with van der Waals surface area (Å²) in [7, 11) is 3.98. The van der Waals surface area contributed by atoms with Crippen LogP contribution in [0.15, 0.2) is 24.4 Å². The third kappa shape index (κ3) is 4.07. The van der Waals surface area contributed by atoms with Crippen molar-refractivity contribution in [1.29, 1.82) is 0 Å². The molecule has 148 valence electrons. The van der Waals surface area contributed by atoms with Crippen molar-refractivity contribution >= 4 is 16.9 Å². The van der Waals surface area contributed by atoms with Gasteiger partial charge in [-0.2, -0.15) is 0 Å². The van der Waals surface area contributed by atoms with E-state index < -0.39 is 36.7 Å². The molecule has 1 fully saturated rings. The average Bonchev–Trinajstić information content (AvgIpc) is 3.02. The lowest BCUT2D eigenvalue weighted by Crippen LogP contribution is -2.61. The fourth-order valence-corrected chi connectivity index (χ4v) is 3.07. The van der Waals surface area contributed by atoms with Gasteiger partial charge in [0, 0.05) is 23.6 Å². The summed E-state index contributed by atoms with van der Waals surface area (Å²) in [4.78, 5) is 16.4. The molecule has 1 saturated heterocycles. The van der Waals surface area contributed by atoms with Crippen LogP contribution >= 0.6 is 0 Å². The number of nitrogens with one attached hydrogen (secondary N) is 1. The second-order valence-electron chi connectivity index (χ2n) is 6.93. The molecule has 27 heavy (non-hydrogen) atoms. The van der Waals surface area contributed by atoms with Crippen LogP contribution in [0.3, 0.4) is 0 Å². The molecule has 1 aromatic carbocycles. The van der Waals surface area contributed by atoms with E-state index in [1.807, 2.05) is 20.3 Å². The highest BCUT2D eigenvalue weighted by atomic mass is 16.7. The molecule has 1 aromatic heterocycles. The Balaban J connectivity index is 1.80. The number of ether oxygens (including phenoxy) is 2. The Morgan fingerprint density at radius 1 is 1.22 bits per heavy atom. The number of rotatable bonds is 6. The second-order valence-corrected chi connectivity index (χ2v) is 6.93. The summed E-state index contributed by atoms with van der Waals surface area (Å²) in [5.41, 5.74) is 2.01. The Morgan fingerprint density at radius 2 is 1.96 bits per heavy atom. The average molecular weight is 380 g/mol. The number of aromatic amines is 1. The van der Waals surface area contributed by atoms with E-state index in [9.17, 15) is 20.1 Å². The van der Waals surface area contributed by atoms with Crippen LogP contribution in [0.4, 0.5) is 0 Å². The van der Waals surface area contributed by atoms with Gasteiger partial charge in [0.05, 0.1) is 0 Å². The lowest BCUT2D eigenvalue weighted by atomic mass is 9.99. The van der Waals surface area contributed by atoms with Crippen molar-refractivity contribution in [2.45, 2.75) is 37.1 Å². The fourth-order valence-electron chi connectivity index (χ4n) is 3.07. The molecule has 1 aliphatic rings. The predicted octanol–water partition coefficient (Wildman–Crippen LogP) is -0.457. The molecular formula is C18H24N2O7. The number of benzene rings is 1. The molecular weight excluding hydrogens is 356 g/mol. The topological polar surface area (TPSA) is 135 Å². The van der Waals surface area contributed by atoms with Crippen LogP contribution in [0.2, 0.25) is 0 Å². The minimum atomic E-state index is -1.75. The van der Waals surface area contributed by atoms with Gasteiger partial charge in [0.2, 0.25) is 6.29 Å². The van der Waals surface area contributed by atoms with Gasteiger partial charge in [0.15, 0.2) is 6.10 Å². The van der Waals surface area contributed by atoms with Crippen molar-refractivity contribution in [3.8, 4) is 5.75 Å². The van der Waals surface area contributed by atoms with Crippen LogP contribution in [-0.4, -0.2) is 87.6 Å². The van der Waals surface area contributed by atoms with Crippen LogP contribution in [0, 0.1) is 0 Å². The Hall–Kier alpha value is -2.17. The first-order chi connectivity index (χ1) is 12.8. The van der Waals surface area contributed by atoms with Crippen molar-refractivity contribution < 1.29 is 34.7 Å². The van der Waals surface area contributed by atoms with E-state index in [1.165, 1.54) is 0 Å². The molecule has 0 spiro atoms. The minimum absolute atomic E-state index is 0.352. The number of carboxylic acids is 1. The summed E-state index contributed by atoms with van der Waals surface area (Å²) in [5.74, 6) is -1.10. The summed E-state index contributed by atoms with van der Waals surface area (Å²) in [6.07, 6.45) is -5.41. The molecule has 9 heteroatoms. The van der Waals surface area contributed by atoms with Gasteiger partial charge in [-0.15, -0.1) is 0 Å². The Bertz CT molecular complexity index is 806. The monoisotopic (exact) mass is 380 g/mol. The van der Waals surface area contributed by atoms with Crippen molar-refractivity contribution in [2.24, 2.45) is 0 Å². The van der Waals surface area contributed by atoms with Gasteiger partial charge in [-0.05, 0) is 44.3 Å². The van der Waals surface area contributed by atoms with Crippen molar-refractivity contribution in [1.82, 2.24) is 9.88 Å². The summed E-state index contributed by atoms with van der Waals surface area (Å²) in [6.45, 7) is 0.868. The normalized spacial score (nSPS) is 28.6. The second kappa shape index (κ2) is 7.83. The fraction of sp³-hybridized carbons (Fsp3) is 0.500. The molecule has 5 N–H and O–H groups in total. The summed E-state index contributed by atoms with van der Waals surface area (Å²) in [6, 6.07) is 5.22. The number of nitrogens with zero attached hydrogens (tertiary/aromatic N) is 1. The Labute approximate surface area is 155 Å². The summed E-state index contributed by atoms with van der Waals surface area (Å²) in [5, 5.41) is 39.7. The first-order valence-electron chi connectivity index (χ1n) is 8.62. The number of fused-ring (bicyclic) bond motifs is 1. The maximum atomic E-state index is 11.2. The SMILES string of the molecule is CN(C)CCc1c[nH]c2ccc(O[C@@H]3O[C@H](C(=O)O)[C@@H](O)[C@H](O)[C@H]3O)cc12. The summed E-state index contributed by atoms with van der Waals surface area (Å²) >= 11 is 0. The molecule has 2 aromatic rings. The summed E-state index contributed by atoms with van der Waals surface area (Å²) < 4.78 is 10.7. The first kappa shape index (κ1) is 19.6. The Kier molecular flexibility index (Phi) is 5.68. The smallest absolute Gasteiger partial charge is 0.335 e. The van der Waals surface area contributed by atoms with Gasteiger partial charge < -0.3 is 39.8 Å². The quantitative estimate of drug-likeness (QED) is 0.454. The largest absolute Gasteiger partial charge is 0.479 e. The van der Waals surface area contributed by atoms with E-state index in [-0.39, 0.29) is 0 Å². The number of hydrogen-bond donors (Lipinski definition) is 5. The van der Waals surface area contributed by atoms with E-state index in [4.69, 9.17) is 14.6 Å². The molecule has 3 rings (SSSR count). The predicted molar refractivity (Wildman–Crippen MR) is 95.5 cm³/mol. The Morgan fingerprint density at radius 3 is 2.63 bits per heavy atom. The molecule has 0 saturated carbocycles. The van der Waals surface area contributed by atoms with Crippen LogP contribution < -0.4 is 4.74 Å². The van der Waals surface area contributed by atoms with Crippen LogP contribution in [0.5, 0.6) is 5.75 Å². The third-order valence-corrected chi connectivity index (χ3v) is 4.63. The number of aromatic nitrogens is 1. The highest BCUT2D eigenvalue weighted by Crippen LogP contribution is 2.28. The number of likely N-dealkylation sites (N-methyl/N-ethyl adjacent to an activating group) is 1. The van der Waals surface area contributed by atoms with Crippen molar-refractivity contribution in [2.75, 3.05) is 20.6 Å². The maximum absolute atomic E-state index is 11.2. The van der Waals surface area contributed by atoms with Gasteiger partial charge >= 0.3 is 5.97 Å². The number of carboxylic acid groups (broad SMARTS) is 1. The van der Waals surface area contributed by atoms with Crippen LogP contribution in [0.1, 0.15) is 5.56 Å². The van der Waals surface area contributed by atoms with Crippen LogP contribution in [-0.2, 0) is 16.0 Å². The highest BCUT2D eigenvalue weighted by molar-refractivity contribution is 5.84. The van der Waals surface area contributed by atoms with E-state index in [1.54, 1.807) is 18.2 Å². The zero-order valence-electron chi connectivity index (χ0n) is 15.1. The number of hydrogen-bond acceptors (Lipinski definition) is 7. The molecule has 9 nitrogen and oxygen atoms in total. The zero-order valence-corrected chi connectivity index (χ0v) is 15.1. The van der Waals surface area contributed by atoms with Crippen LogP contribution in [0.25, 0.3) is 10.9 Å². The lowest BCUT2D eigenvalue weighted by molar-refractivity contribution is -0.271. The van der Waals surface area contributed by atoms with Gasteiger partial charge in [-0.25, -0.2) is 4.79 Å². The van der Waals surface area contributed by atoms with Gasteiger partial charge in [0.1, 0.15) is 24.1 Å². The molecule has 0 bridgehead atoms. The molecule has 2 heterocycles. The molecule has 0 amide bonds. The van der Waals surface area contributed by atoms with Gasteiger partial charge in [-0.1, -0.05) is 0 Å². The number of aliphatic hydroxyl groups excluding tert-OH is 3. The lowest BCUT2D eigenvalue weighted by Gasteiger charge is -2.38. The van der Waals surface area contributed by atoms with E-state index in [2.05, 4.69) is 9.88 Å². The molecule has 0 radical (unpaired) electrons. The number of aliphatic carboxylic acids is 1. The van der Waals surface area contributed by atoms with Crippen molar-refractivity contribution in [3.63, 3.8) is 0 Å². The zero-order chi connectivity index (χ0) is 19.7. The third-order valence-electron chi connectivity index (χ3n) is 4.63. The van der Waals surface area contributed by atoms with Gasteiger partial charge in [0.25, 0.3) is 0 Å². The molecule has 0 aliphatic carbocycles. The van der Waals surface area contributed by atoms with Crippen molar-refractivity contribution in [3.05, 3.63) is 30.0 Å². The first-order valence-corrected chi connectivity index (χ1v) is 8.62. The number of H-pyrrole nitrogens is 1. The molecule has 0 unspecified atom stereocenters. The van der Waals surface area contributed by atoms with Gasteiger partial charge in [-0.3, -0.25) is 0 Å². The molecule has 5 atom stereocenters. The highest BCUT2D eigenvalue weighted by Gasteiger charge is 2.48. The van der Waals surface area contributed by atoms with E-state index in [0.29, 0.717) is 5.75 Å². The standard InChI is InChI=1S/C18H24N2O7/c1-20(2)6-5-9-8-19-12-4-3-10(7-11(9)12)26-18-15(23)13(21)14(22)16(27-18)17(24)25/h3-4,7-8,13-16,18-19,21-23H,5-6H2,1-2H3,(H,24,25)/t13-,14-,15+,16-,18+/m0/s1. The number of carbonyl (C=O) groups is 1. The molecule has 1 aliphatic heterocycles.